The molecular weight excluding hydrogens is 893 g/mol. The number of rotatable bonds is 9. The predicted octanol–water partition coefficient (Wildman–Crippen LogP) is 8.63. The second-order valence-corrected chi connectivity index (χ2v) is 20.6. The van der Waals surface area contributed by atoms with Crippen LogP contribution in [0.1, 0.15) is 122 Å². The molecule has 5 aromatic rings. The third kappa shape index (κ3) is 8.95. The molecule has 4 N–H and O–H groups in total. The number of fused-ring (bicyclic) bond motifs is 6. The highest BCUT2D eigenvalue weighted by Gasteiger charge is 2.46. The molecule has 0 saturated carbocycles. The van der Waals surface area contributed by atoms with E-state index in [0.717, 1.165) is 81.2 Å². The highest BCUT2D eigenvalue weighted by molar-refractivity contribution is 6.07. The molecule has 5 aliphatic rings. The van der Waals surface area contributed by atoms with Crippen LogP contribution >= 0.6 is 0 Å². The molecule has 5 aliphatic heterocycles. The number of nitrogens with one attached hydrogen (secondary N) is 4. The summed E-state index contributed by atoms with van der Waals surface area (Å²) in [6.45, 7) is 12.5. The number of ether oxygens (including phenoxy) is 5. The number of hydrogen-bond donors (Lipinski definition) is 4. The first-order valence-electron chi connectivity index (χ1n) is 25.1. The van der Waals surface area contributed by atoms with E-state index in [1.54, 1.807) is 0 Å². The maximum Gasteiger partial charge on any atom is 0.407 e. The third-order valence-electron chi connectivity index (χ3n) is 15.6. The molecule has 372 valence electrons. The van der Waals surface area contributed by atoms with Crippen LogP contribution in [-0.2, 0) is 35.1 Å². The van der Waals surface area contributed by atoms with Crippen molar-refractivity contribution in [2.75, 3.05) is 14.2 Å². The van der Waals surface area contributed by atoms with Crippen molar-refractivity contribution < 1.29 is 42.9 Å². The van der Waals surface area contributed by atoms with E-state index in [4.69, 9.17) is 33.7 Å². The lowest BCUT2D eigenvalue weighted by Gasteiger charge is -2.39. The molecule has 17 heteroatoms. The van der Waals surface area contributed by atoms with Gasteiger partial charge < -0.3 is 54.1 Å². The van der Waals surface area contributed by atoms with Gasteiger partial charge in [0.2, 0.25) is 11.8 Å². The van der Waals surface area contributed by atoms with E-state index >= 15 is 0 Å². The number of imidazole rings is 2. The van der Waals surface area contributed by atoms with Crippen LogP contribution in [0.15, 0.2) is 48.7 Å². The monoisotopic (exact) mass is 958 g/mol. The first kappa shape index (κ1) is 47.5. The van der Waals surface area contributed by atoms with Crippen molar-refractivity contribution in [2.24, 2.45) is 11.8 Å². The number of benzene rings is 3. The predicted molar refractivity (Wildman–Crippen MR) is 262 cm³/mol. The number of carbonyl (C=O) groups is 4. The van der Waals surface area contributed by atoms with Crippen LogP contribution < -0.4 is 15.4 Å². The first-order valence-corrected chi connectivity index (χ1v) is 25.1. The topological polar surface area (TPSA) is 202 Å². The molecular formula is C53H66N8O9. The maximum absolute atomic E-state index is 14.6. The summed E-state index contributed by atoms with van der Waals surface area (Å²) in [4.78, 5) is 75.4. The Morgan fingerprint density at radius 3 is 1.83 bits per heavy atom. The average molecular weight is 959 g/mol. The van der Waals surface area contributed by atoms with Crippen LogP contribution in [0.2, 0.25) is 0 Å². The summed E-state index contributed by atoms with van der Waals surface area (Å²) in [7, 11) is 2.63. The molecule has 0 radical (unpaired) electrons. The van der Waals surface area contributed by atoms with Gasteiger partial charge in [-0.1, -0.05) is 18.2 Å². The number of methoxy groups -OCH3 is 2. The number of likely N-dealkylation sites (tertiary alicyclic amines) is 2. The molecule has 17 nitrogen and oxygen atoms in total. The van der Waals surface area contributed by atoms with Crippen LogP contribution in [0.4, 0.5) is 9.59 Å². The van der Waals surface area contributed by atoms with Crippen molar-refractivity contribution in [3.63, 3.8) is 0 Å². The van der Waals surface area contributed by atoms with Crippen molar-refractivity contribution in [2.45, 2.75) is 160 Å². The van der Waals surface area contributed by atoms with E-state index in [9.17, 15) is 19.2 Å². The largest absolute Gasteiger partial charge is 0.488 e. The Kier molecular flexibility index (Phi) is 13.0. The van der Waals surface area contributed by atoms with Crippen molar-refractivity contribution in [1.82, 2.24) is 40.4 Å². The lowest BCUT2D eigenvalue weighted by atomic mass is 9.85. The molecule has 10 rings (SSSR count). The molecule has 70 heavy (non-hydrogen) atoms. The number of H-pyrrole nitrogens is 2. The molecule has 3 aromatic carbocycles. The summed E-state index contributed by atoms with van der Waals surface area (Å²) < 4.78 is 28.5. The minimum Gasteiger partial charge on any atom is -0.488 e. The quantitative estimate of drug-likeness (QED) is 0.110. The zero-order chi connectivity index (χ0) is 49.1. The fourth-order valence-corrected chi connectivity index (χ4v) is 12.4. The molecule has 4 saturated heterocycles. The zero-order valence-electron chi connectivity index (χ0n) is 41.4. The smallest absolute Gasteiger partial charge is 0.407 e. The Balaban J connectivity index is 0.891. The molecule has 2 aromatic heterocycles. The normalized spacial score (nSPS) is 28.4. The van der Waals surface area contributed by atoms with Gasteiger partial charge in [-0.05, 0) is 151 Å². The van der Waals surface area contributed by atoms with Gasteiger partial charge in [0.05, 0.1) is 73.6 Å². The molecule has 7 heterocycles. The molecule has 11 atom stereocenters. The van der Waals surface area contributed by atoms with E-state index in [2.05, 4.69) is 70.8 Å². The fraction of sp³-hybridized carbons (Fsp3) is 0.547. The minimum atomic E-state index is -0.758. The number of aromatic nitrogens is 4. The molecule has 0 spiro atoms. The van der Waals surface area contributed by atoms with Crippen LogP contribution in [-0.4, -0.2) is 117 Å². The van der Waals surface area contributed by atoms with Gasteiger partial charge in [0.25, 0.3) is 0 Å². The maximum atomic E-state index is 14.6. The van der Waals surface area contributed by atoms with E-state index in [1.807, 2.05) is 49.8 Å². The number of hydrogen-bond acceptors (Lipinski definition) is 11. The van der Waals surface area contributed by atoms with E-state index in [1.165, 1.54) is 14.2 Å². The standard InChI is InChI=1S/C53H66N8O9/c1-26-9-15-42(60(26)50(62)45(58-52(64)66-7)34-17-28(3)69-29(4)18-34)48-54-24-41(56-48)33-11-13-37-36(21-33)25-68-44-23-38-32(22-39(37)44)12-14-40-47(38)57-49(55-40)43-16-10-27(2)61(43)51(63)46(59-53(65)67-8)35-19-30(5)70-31(6)20-35/h11-14,21-24,26-31,34-35,42-43,45-46H,9-10,15-20,25H2,1-8H3,(H,54,56)(H,55,57)(H,58,64)(H,59,65)/t26-,27-,28-,29+,30+,31+,34?,42-,43-,45-,46-/m0/s1. The van der Waals surface area contributed by atoms with Gasteiger partial charge in [0.1, 0.15) is 36.1 Å². The fourth-order valence-electron chi connectivity index (χ4n) is 12.4. The number of nitrogens with zero attached hydrogens (tertiary/aromatic N) is 4. The van der Waals surface area contributed by atoms with E-state index < -0.39 is 24.3 Å². The minimum absolute atomic E-state index is 0.0334. The molecule has 0 bridgehead atoms. The van der Waals surface area contributed by atoms with Gasteiger partial charge >= 0.3 is 12.2 Å². The zero-order valence-corrected chi connectivity index (χ0v) is 41.4. The van der Waals surface area contributed by atoms with Crippen LogP contribution in [0.5, 0.6) is 5.75 Å². The van der Waals surface area contributed by atoms with Crippen molar-refractivity contribution in [1.29, 1.82) is 0 Å². The summed E-state index contributed by atoms with van der Waals surface area (Å²) in [6.07, 6.45) is 6.13. The van der Waals surface area contributed by atoms with Gasteiger partial charge in [-0.2, -0.15) is 0 Å². The van der Waals surface area contributed by atoms with Gasteiger partial charge in [-0.25, -0.2) is 19.6 Å². The summed E-state index contributed by atoms with van der Waals surface area (Å²) >= 11 is 0. The second-order valence-electron chi connectivity index (χ2n) is 20.6. The average Bonchev–Trinajstić information content (AvgIpc) is 4.16. The SMILES string of the molecule is COC(=O)N[C@H](C(=O)N1[C@@H](C)CC[C@H]1c1ncc(-c2ccc3c(c2)COc2cc4c(ccc5[nH]c([C@@H]6CC[C@H](C)N6C(=O)[C@@H](NC(=O)OC)C6C[C@@H](C)O[C@H](C)C6)nc54)cc2-3)[nH]1)C1C[C@@H](C)O[C@@H](C)C1. The summed E-state index contributed by atoms with van der Waals surface area (Å²) in [5.74, 6) is 1.71. The van der Waals surface area contributed by atoms with Crippen molar-refractivity contribution in [3.8, 4) is 28.1 Å². The van der Waals surface area contributed by atoms with Crippen LogP contribution in [0.3, 0.4) is 0 Å². The van der Waals surface area contributed by atoms with Crippen LogP contribution in [0.25, 0.3) is 44.2 Å². The number of carbonyl (C=O) groups excluding carboxylic acids is 4. The molecule has 4 amide bonds. The van der Waals surface area contributed by atoms with Crippen molar-refractivity contribution >= 4 is 45.8 Å². The Hall–Kier alpha value is -6.20. The van der Waals surface area contributed by atoms with Crippen LogP contribution in [0, 0.1) is 11.8 Å². The Labute approximate surface area is 408 Å². The summed E-state index contributed by atoms with van der Waals surface area (Å²) in [6, 6.07) is 12.5. The third-order valence-corrected chi connectivity index (χ3v) is 15.6. The lowest BCUT2D eigenvalue weighted by molar-refractivity contribution is -0.141. The van der Waals surface area contributed by atoms with E-state index in [-0.39, 0.29) is 72.2 Å². The Morgan fingerprint density at radius 1 is 0.686 bits per heavy atom. The van der Waals surface area contributed by atoms with Crippen molar-refractivity contribution in [3.05, 3.63) is 65.9 Å². The van der Waals surface area contributed by atoms with Gasteiger partial charge in [0.15, 0.2) is 0 Å². The number of alkyl carbamates (subject to hydrolysis) is 2. The number of aromatic amines is 2. The summed E-state index contributed by atoms with van der Waals surface area (Å²) in [5.41, 5.74) is 6.56. The highest BCUT2D eigenvalue weighted by atomic mass is 16.5. The van der Waals surface area contributed by atoms with Gasteiger partial charge in [-0.3, -0.25) is 9.59 Å². The number of amides is 4. The second kappa shape index (κ2) is 19.2. The summed E-state index contributed by atoms with van der Waals surface area (Å²) in [5, 5.41) is 7.74. The molecule has 1 unspecified atom stereocenters. The van der Waals surface area contributed by atoms with Gasteiger partial charge in [0, 0.05) is 23.0 Å². The first-order chi connectivity index (χ1) is 33.7. The molecule has 4 fully saturated rings. The lowest BCUT2D eigenvalue weighted by Crippen LogP contribution is -2.55. The molecule has 0 aliphatic carbocycles. The Morgan fingerprint density at radius 2 is 1.26 bits per heavy atom. The van der Waals surface area contributed by atoms with Gasteiger partial charge in [-0.15, -0.1) is 0 Å². The Bertz CT molecular complexity index is 2790. The van der Waals surface area contributed by atoms with E-state index in [0.29, 0.717) is 43.9 Å². The highest BCUT2D eigenvalue weighted by Crippen LogP contribution is 2.45.